The molecule has 5 heteroatoms. The molecule has 1 amide bonds. The van der Waals surface area contributed by atoms with E-state index in [1.807, 2.05) is 18.2 Å². The molecular weight excluding hydrogens is 288 g/mol. The molecule has 0 spiro atoms. The molecule has 0 bridgehead atoms. The molecule has 1 saturated heterocycles. The molecule has 0 unspecified atom stereocenters. The van der Waals surface area contributed by atoms with Gasteiger partial charge in [-0.1, -0.05) is 44.2 Å². The van der Waals surface area contributed by atoms with Crippen LogP contribution in [0.25, 0.3) is 0 Å². The van der Waals surface area contributed by atoms with Crippen molar-refractivity contribution in [2.45, 2.75) is 44.3 Å². The highest BCUT2D eigenvalue weighted by Crippen LogP contribution is 2.23. The smallest absolute Gasteiger partial charge is 0.249 e. The molecule has 1 aromatic carbocycles. The zero-order valence-corrected chi connectivity index (χ0v) is 13.5. The summed E-state index contributed by atoms with van der Waals surface area (Å²) in [6.07, 6.45) is 1.33. The van der Waals surface area contributed by atoms with E-state index < -0.39 is 0 Å². The molecule has 1 aromatic rings. The molecule has 3 N–H and O–H groups in total. The van der Waals surface area contributed by atoms with Gasteiger partial charge in [-0.25, -0.2) is 0 Å². The summed E-state index contributed by atoms with van der Waals surface area (Å²) in [6.45, 7) is 5.34. The Balaban J connectivity index is 0.00000220. The first-order valence-electron chi connectivity index (χ1n) is 7.21. The number of benzene rings is 1. The largest absolute Gasteiger partial charge is 0.364 e. The van der Waals surface area contributed by atoms with Crippen LogP contribution >= 0.6 is 12.4 Å². The second-order valence-electron chi connectivity index (χ2n) is 6.03. The van der Waals surface area contributed by atoms with Crippen molar-refractivity contribution in [1.29, 1.82) is 0 Å². The van der Waals surface area contributed by atoms with E-state index in [9.17, 15) is 4.79 Å². The molecule has 4 nitrogen and oxygen atoms in total. The summed E-state index contributed by atoms with van der Waals surface area (Å²) >= 11 is 0. The summed E-state index contributed by atoms with van der Waals surface area (Å²) in [7, 11) is 0. The van der Waals surface area contributed by atoms with Crippen molar-refractivity contribution in [3.8, 4) is 0 Å². The minimum Gasteiger partial charge on any atom is -0.364 e. The summed E-state index contributed by atoms with van der Waals surface area (Å²) in [5, 5.41) is 3.00. The highest BCUT2D eigenvalue weighted by molar-refractivity contribution is 5.85. The Labute approximate surface area is 132 Å². The molecule has 0 aliphatic carbocycles. The first kappa shape index (κ1) is 18.0. The predicted octanol–water partition coefficient (Wildman–Crippen LogP) is 2.01. The number of hydrogen-bond acceptors (Lipinski definition) is 3. The van der Waals surface area contributed by atoms with Crippen LogP contribution in [0.15, 0.2) is 30.3 Å². The van der Waals surface area contributed by atoms with E-state index in [0.29, 0.717) is 13.1 Å². The monoisotopic (exact) mass is 312 g/mol. The topological polar surface area (TPSA) is 64.4 Å². The molecule has 1 aliphatic heterocycles. The summed E-state index contributed by atoms with van der Waals surface area (Å²) in [4.78, 5) is 12.1. The van der Waals surface area contributed by atoms with Gasteiger partial charge in [-0.3, -0.25) is 4.79 Å². The summed E-state index contributed by atoms with van der Waals surface area (Å²) in [6, 6.07) is 10.2. The quantitative estimate of drug-likeness (QED) is 0.874. The standard InChI is InChI=1S/C16H24N2O2.ClH/c1-16(2,12-6-4-3-5-7-12)11-18-15(19)14-9-8-13(10-17)20-14;/h3-7,13-14H,8-11,17H2,1-2H3,(H,18,19);1H/t13-,14+;/m1./s1. The minimum atomic E-state index is -0.338. The summed E-state index contributed by atoms with van der Waals surface area (Å²) in [5.41, 5.74) is 6.68. The van der Waals surface area contributed by atoms with Gasteiger partial charge in [0.1, 0.15) is 6.10 Å². The zero-order chi connectivity index (χ0) is 14.6. The molecule has 118 valence electrons. The number of nitrogens with one attached hydrogen (secondary N) is 1. The fourth-order valence-corrected chi connectivity index (χ4v) is 2.49. The average Bonchev–Trinajstić information content (AvgIpc) is 2.95. The van der Waals surface area contributed by atoms with Gasteiger partial charge >= 0.3 is 0 Å². The van der Waals surface area contributed by atoms with E-state index in [-0.39, 0.29) is 35.9 Å². The van der Waals surface area contributed by atoms with E-state index in [1.54, 1.807) is 0 Å². The van der Waals surface area contributed by atoms with E-state index in [2.05, 4.69) is 31.3 Å². The van der Waals surface area contributed by atoms with Gasteiger partial charge in [0, 0.05) is 18.5 Å². The molecule has 21 heavy (non-hydrogen) atoms. The zero-order valence-electron chi connectivity index (χ0n) is 12.7. The van der Waals surface area contributed by atoms with Crippen LogP contribution in [0, 0.1) is 0 Å². The molecule has 1 fully saturated rings. The SMILES string of the molecule is CC(C)(CNC(=O)[C@@H]1CC[C@H](CN)O1)c1ccccc1.Cl. The molecule has 0 radical (unpaired) electrons. The maximum absolute atomic E-state index is 12.1. The molecule has 0 aromatic heterocycles. The highest BCUT2D eigenvalue weighted by atomic mass is 35.5. The maximum Gasteiger partial charge on any atom is 0.249 e. The van der Waals surface area contributed by atoms with Crippen LogP contribution in [0.3, 0.4) is 0 Å². The Morgan fingerprint density at radius 3 is 2.57 bits per heavy atom. The Morgan fingerprint density at radius 2 is 2.00 bits per heavy atom. The first-order chi connectivity index (χ1) is 9.53. The van der Waals surface area contributed by atoms with E-state index in [0.717, 1.165) is 12.8 Å². The third-order valence-electron chi connectivity index (χ3n) is 3.92. The van der Waals surface area contributed by atoms with Crippen LogP contribution in [0.5, 0.6) is 0 Å². The van der Waals surface area contributed by atoms with Gasteiger partial charge < -0.3 is 15.8 Å². The van der Waals surface area contributed by atoms with E-state index in [4.69, 9.17) is 10.5 Å². The van der Waals surface area contributed by atoms with Crippen molar-refractivity contribution in [2.75, 3.05) is 13.1 Å². The maximum atomic E-state index is 12.1. The van der Waals surface area contributed by atoms with E-state index in [1.165, 1.54) is 5.56 Å². The Kier molecular flexibility index (Phi) is 6.65. The number of ether oxygens (including phenoxy) is 1. The lowest BCUT2D eigenvalue weighted by Crippen LogP contribution is -2.42. The predicted molar refractivity (Wildman–Crippen MR) is 86.7 cm³/mol. The highest BCUT2D eigenvalue weighted by Gasteiger charge is 2.31. The normalized spacial score (nSPS) is 21.7. The number of carbonyl (C=O) groups excluding carboxylic acids is 1. The molecule has 2 rings (SSSR count). The van der Waals surface area contributed by atoms with Crippen molar-refractivity contribution in [2.24, 2.45) is 5.73 Å². The Hall–Kier alpha value is -1.10. The second-order valence-corrected chi connectivity index (χ2v) is 6.03. The molecular formula is C16H25ClN2O2. The number of rotatable bonds is 5. The Bertz CT molecular complexity index is 451. The van der Waals surface area contributed by atoms with Crippen molar-refractivity contribution in [1.82, 2.24) is 5.32 Å². The van der Waals surface area contributed by atoms with Crippen LogP contribution < -0.4 is 11.1 Å². The molecule has 2 atom stereocenters. The fraction of sp³-hybridized carbons (Fsp3) is 0.562. The fourth-order valence-electron chi connectivity index (χ4n) is 2.49. The lowest BCUT2D eigenvalue weighted by atomic mass is 9.84. The number of hydrogen-bond donors (Lipinski definition) is 2. The third-order valence-corrected chi connectivity index (χ3v) is 3.92. The van der Waals surface area contributed by atoms with Gasteiger partial charge in [0.15, 0.2) is 0 Å². The van der Waals surface area contributed by atoms with Gasteiger partial charge in [0.05, 0.1) is 6.10 Å². The number of halogens is 1. The van der Waals surface area contributed by atoms with Gasteiger partial charge in [-0.05, 0) is 18.4 Å². The first-order valence-corrected chi connectivity index (χ1v) is 7.21. The van der Waals surface area contributed by atoms with Gasteiger partial charge in [0.2, 0.25) is 5.91 Å². The third kappa shape index (κ3) is 4.70. The minimum absolute atomic E-state index is 0. The summed E-state index contributed by atoms with van der Waals surface area (Å²) in [5.74, 6) is -0.0232. The second kappa shape index (κ2) is 7.78. The number of nitrogens with two attached hydrogens (primary N) is 1. The lowest BCUT2D eigenvalue weighted by molar-refractivity contribution is -0.132. The number of amides is 1. The molecule has 1 aliphatic rings. The van der Waals surface area contributed by atoms with Crippen LogP contribution in [-0.4, -0.2) is 31.2 Å². The number of carbonyl (C=O) groups is 1. The van der Waals surface area contributed by atoms with Crippen LogP contribution in [0.4, 0.5) is 0 Å². The van der Waals surface area contributed by atoms with Gasteiger partial charge in [-0.15, -0.1) is 12.4 Å². The van der Waals surface area contributed by atoms with E-state index >= 15 is 0 Å². The summed E-state index contributed by atoms with van der Waals surface area (Å²) < 4.78 is 5.61. The van der Waals surface area contributed by atoms with Crippen molar-refractivity contribution in [3.05, 3.63) is 35.9 Å². The van der Waals surface area contributed by atoms with Crippen molar-refractivity contribution >= 4 is 18.3 Å². The van der Waals surface area contributed by atoms with Crippen molar-refractivity contribution < 1.29 is 9.53 Å². The van der Waals surface area contributed by atoms with Crippen LogP contribution in [0.2, 0.25) is 0 Å². The lowest BCUT2D eigenvalue weighted by Gasteiger charge is -2.26. The molecule has 0 saturated carbocycles. The van der Waals surface area contributed by atoms with Gasteiger partial charge in [0.25, 0.3) is 0 Å². The van der Waals surface area contributed by atoms with Crippen LogP contribution in [-0.2, 0) is 14.9 Å². The van der Waals surface area contributed by atoms with Crippen LogP contribution in [0.1, 0.15) is 32.3 Å². The Morgan fingerprint density at radius 1 is 1.33 bits per heavy atom. The van der Waals surface area contributed by atoms with Crippen molar-refractivity contribution in [3.63, 3.8) is 0 Å². The average molecular weight is 313 g/mol. The van der Waals surface area contributed by atoms with Gasteiger partial charge in [-0.2, -0.15) is 0 Å². The molecule has 1 heterocycles.